The zero-order valence-corrected chi connectivity index (χ0v) is 26.3. The zero-order valence-electron chi connectivity index (χ0n) is 25.3. The van der Waals surface area contributed by atoms with Crippen LogP contribution in [0.3, 0.4) is 0 Å². The SMILES string of the molecule is CCOC(=O)CC[C@]1(O)[C@H]2C[C@H]2C2C3C(CC[C@@]21C)[C@@]1(C)CCC(O[Si](C)(C)C(C)(C)C)C[C@@]1(O)[C@@H]1C[C@H]31. The van der Waals surface area contributed by atoms with Crippen LogP contribution in [0.4, 0.5) is 0 Å². The molecule has 6 aliphatic carbocycles. The summed E-state index contributed by atoms with van der Waals surface area (Å²) in [4.78, 5) is 12.2. The highest BCUT2D eigenvalue weighted by Crippen LogP contribution is 2.82. The first kappa shape index (κ1) is 27.7. The molecule has 4 unspecified atom stereocenters. The number of fused-ring (bicyclic) bond motifs is 10. The lowest BCUT2D eigenvalue weighted by atomic mass is 9.42. The van der Waals surface area contributed by atoms with Gasteiger partial charge >= 0.3 is 5.97 Å². The highest BCUT2D eigenvalue weighted by molar-refractivity contribution is 6.74. The van der Waals surface area contributed by atoms with E-state index in [9.17, 15) is 15.0 Å². The summed E-state index contributed by atoms with van der Waals surface area (Å²) in [5, 5.41) is 25.0. The van der Waals surface area contributed by atoms with Crippen molar-refractivity contribution in [2.75, 3.05) is 6.61 Å². The number of aliphatic hydroxyl groups is 2. The molecule has 6 saturated carbocycles. The molecule has 5 nitrogen and oxygen atoms in total. The van der Waals surface area contributed by atoms with Crippen LogP contribution in [0.15, 0.2) is 0 Å². The van der Waals surface area contributed by atoms with Gasteiger partial charge in [-0.25, -0.2) is 0 Å². The molecule has 6 aliphatic rings. The van der Waals surface area contributed by atoms with Crippen LogP contribution in [-0.2, 0) is 14.0 Å². The van der Waals surface area contributed by atoms with Crippen LogP contribution in [0, 0.1) is 52.3 Å². The minimum atomic E-state index is -1.89. The molecule has 0 aliphatic heterocycles. The second-order valence-corrected chi connectivity index (χ2v) is 21.2. The topological polar surface area (TPSA) is 76.0 Å². The molecule has 0 amide bonds. The van der Waals surface area contributed by atoms with E-state index in [0.717, 1.165) is 44.9 Å². The van der Waals surface area contributed by atoms with Gasteiger partial charge in [-0.05, 0) is 122 Å². The summed E-state index contributed by atoms with van der Waals surface area (Å²) < 4.78 is 12.1. The van der Waals surface area contributed by atoms with Crippen molar-refractivity contribution >= 4 is 14.3 Å². The number of rotatable bonds is 6. The molecule has 6 fully saturated rings. The molecule has 2 N–H and O–H groups in total. The lowest BCUT2D eigenvalue weighted by molar-refractivity contribution is -0.236. The number of carbonyl (C=O) groups is 1. The third-order valence-electron chi connectivity index (χ3n) is 14.1. The molecule has 38 heavy (non-hydrogen) atoms. The Hall–Kier alpha value is -0.433. The van der Waals surface area contributed by atoms with Crippen molar-refractivity contribution < 1.29 is 24.2 Å². The number of ether oxygens (including phenoxy) is 1. The second kappa shape index (κ2) is 8.32. The molecular weight excluding hydrogens is 492 g/mol. The Morgan fingerprint density at radius 3 is 2.29 bits per heavy atom. The highest BCUT2D eigenvalue weighted by Gasteiger charge is 2.81. The van der Waals surface area contributed by atoms with Crippen molar-refractivity contribution in [2.24, 2.45) is 52.3 Å². The van der Waals surface area contributed by atoms with Crippen LogP contribution >= 0.6 is 0 Å². The molecule has 12 atom stereocenters. The summed E-state index contributed by atoms with van der Waals surface area (Å²) in [6.45, 7) is 18.7. The van der Waals surface area contributed by atoms with Crippen molar-refractivity contribution in [3.63, 3.8) is 0 Å². The summed E-state index contributed by atoms with van der Waals surface area (Å²) in [6, 6.07) is 0. The van der Waals surface area contributed by atoms with E-state index in [2.05, 4.69) is 47.7 Å². The van der Waals surface area contributed by atoms with Crippen LogP contribution in [0.25, 0.3) is 0 Å². The predicted molar refractivity (Wildman–Crippen MR) is 151 cm³/mol. The number of esters is 1. The molecule has 0 aromatic rings. The van der Waals surface area contributed by atoms with Crippen molar-refractivity contribution in [2.45, 2.75) is 135 Å². The van der Waals surface area contributed by atoms with Gasteiger partial charge in [0.05, 0.1) is 17.8 Å². The van der Waals surface area contributed by atoms with Crippen molar-refractivity contribution in [3.8, 4) is 0 Å². The van der Waals surface area contributed by atoms with Gasteiger partial charge in [-0.15, -0.1) is 0 Å². The molecule has 0 saturated heterocycles. The minimum Gasteiger partial charge on any atom is -0.466 e. The molecular formula is C32H54O5Si. The van der Waals surface area contributed by atoms with Gasteiger partial charge in [-0.2, -0.15) is 0 Å². The summed E-state index contributed by atoms with van der Waals surface area (Å²) in [5.41, 5.74) is -1.58. The minimum absolute atomic E-state index is 0.0695. The maximum Gasteiger partial charge on any atom is 0.305 e. The van der Waals surface area contributed by atoms with Crippen molar-refractivity contribution in [3.05, 3.63) is 0 Å². The third kappa shape index (κ3) is 3.54. The van der Waals surface area contributed by atoms with Crippen molar-refractivity contribution in [1.82, 2.24) is 0 Å². The fraction of sp³-hybridized carbons (Fsp3) is 0.969. The maximum atomic E-state index is 12.6. The maximum absolute atomic E-state index is 12.6. The van der Waals surface area contributed by atoms with E-state index in [1.165, 1.54) is 0 Å². The van der Waals surface area contributed by atoms with Gasteiger partial charge in [0.1, 0.15) is 0 Å². The van der Waals surface area contributed by atoms with Gasteiger partial charge < -0.3 is 19.4 Å². The van der Waals surface area contributed by atoms with E-state index in [4.69, 9.17) is 9.16 Å². The van der Waals surface area contributed by atoms with E-state index in [-0.39, 0.29) is 27.9 Å². The van der Waals surface area contributed by atoms with Gasteiger partial charge in [0.25, 0.3) is 0 Å². The van der Waals surface area contributed by atoms with E-state index in [1.807, 2.05) is 6.92 Å². The fourth-order valence-corrected chi connectivity index (χ4v) is 12.4. The average Bonchev–Trinajstić information content (AvgIpc) is 3.71. The monoisotopic (exact) mass is 546 g/mol. The summed E-state index contributed by atoms with van der Waals surface area (Å²) >= 11 is 0. The molecule has 0 aromatic heterocycles. The number of carbonyl (C=O) groups excluding carboxylic acids is 1. The molecule has 0 heterocycles. The molecule has 6 rings (SSSR count). The number of hydrogen-bond acceptors (Lipinski definition) is 5. The Morgan fingerprint density at radius 1 is 0.974 bits per heavy atom. The Labute approximate surface area is 231 Å². The Kier molecular flexibility index (Phi) is 6.07. The number of hydrogen-bond donors (Lipinski definition) is 2. The fourth-order valence-electron chi connectivity index (χ4n) is 11.0. The zero-order chi connectivity index (χ0) is 27.7. The molecule has 0 bridgehead atoms. The van der Waals surface area contributed by atoms with Crippen LogP contribution in [-0.4, -0.2) is 48.4 Å². The van der Waals surface area contributed by atoms with E-state index in [0.29, 0.717) is 60.9 Å². The third-order valence-corrected chi connectivity index (χ3v) is 18.6. The summed E-state index contributed by atoms with van der Waals surface area (Å²) in [7, 11) is -1.89. The lowest BCUT2D eigenvalue weighted by Crippen LogP contribution is -2.66. The van der Waals surface area contributed by atoms with E-state index < -0.39 is 19.5 Å². The summed E-state index contributed by atoms with van der Waals surface area (Å²) in [6.07, 6.45) is 8.32. The van der Waals surface area contributed by atoms with Gasteiger partial charge in [-0.1, -0.05) is 34.6 Å². The highest BCUT2D eigenvalue weighted by atomic mass is 28.4. The van der Waals surface area contributed by atoms with Crippen LogP contribution in [0.2, 0.25) is 18.1 Å². The van der Waals surface area contributed by atoms with E-state index >= 15 is 0 Å². The van der Waals surface area contributed by atoms with Crippen LogP contribution in [0.1, 0.15) is 99.3 Å². The normalized spacial score (nSPS) is 52.7. The predicted octanol–water partition coefficient (Wildman–Crippen LogP) is 6.32. The first-order chi connectivity index (χ1) is 17.5. The quantitative estimate of drug-likeness (QED) is 0.301. The summed E-state index contributed by atoms with van der Waals surface area (Å²) in [5.74, 6) is 3.38. The first-order valence-corrected chi connectivity index (χ1v) is 18.7. The smallest absolute Gasteiger partial charge is 0.305 e. The Balaban J connectivity index is 1.24. The Morgan fingerprint density at radius 2 is 1.63 bits per heavy atom. The molecule has 6 heteroatoms. The lowest BCUT2D eigenvalue weighted by Gasteiger charge is -2.65. The van der Waals surface area contributed by atoms with Gasteiger partial charge in [-0.3, -0.25) is 4.79 Å². The first-order valence-electron chi connectivity index (χ1n) is 15.8. The van der Waals surface area contributed by atoms with Gasteiger partial charge in [0.2, 0.25) is 0 Å². The van der Waals surface area contributed by atoms with Crippen LogP contribution in [0.5, 0.6) is 0 Å². The molecule has 0 spiro atoms. The second-order valence-electron chi connectivity index (χ2n) is 16.5. The van der Waals surface area contributed by atoms with Gasteiger partial charge in [0, 0.05) is 18.9 Å². The van der Waals surface area contributed by atoms with Gasteiger partial charge in [0.15, 0.2) is 8.32 Å². The van der Waals surface area contributed by atoms with E-state index in [1.54, 1.807) is 0 Å². The Bertz CT molecular complexity index is 991. The standard InChI is InChI=1S/C32H54O5Si/c1-9-36-25(33)12-15-31(34)24-17-21(24)27-26-20-16-23(20)32(35)18-19(37-38(7,8)28(2,3)4)10-13-29(32,5)22(26)11-14-30(27,31)6/h19-24,26-27,34-35H,9-18H2,1-8H3/t19?,20-,21+,22?,23+,24-,26?,27?,29+,30-,31-,32+/m0/s1. The largest absolute Gasteiger partial charge is 0.466 e. The van der Waals surface area contributed by atoms with Crippen molar-refractivity contribution in [1.29, 1.82) is 0 Å². The molecule has 216 valence electrons. The van der Waals surface area contributed by atoms with Crippen LogP contribution < -0.4 is 0 Å². The molecule has 0 radical (unpaired) electrons. The molecule has 0 aromatic carbocycles. The average molecular weight is 547 g/mol.